The summed E-state index contributed by atoms with van der Waals surface area (Å²) in [6.07, 6.45) is 0.0685. The van der Waals surface area contributed by atoms with Gasteiger partial charge in [-0.05, 0) is 36.2 Å². The molecule has 0 saturated heterocycles. The maximum Gasteiger partial charge on any atom is 0.293 e. The Kier molecular flexibility index (Phi) is 5.92. The molecule has 0 radical (unpaired) electrons. The zero-order valence-corrected chi connectivity index (χ0v) is 13.6. The minimum atomic E-state index is -0.526. The van der Waals surface area contributed by atoms with E-state index in [0.29, 0.717) is 24.4 Å². The molecule has 0 aliphatic carbocycles. The van der Waals surface area contributed by atoms with Gasteiger partial charge in [0.1, 0.15) is 17.5 Å². The number of nitriles is 2. The zero-order valence-electron chi connectivity index (χ0n) is 13.6. The lowest BCUT2D eigenvalue weighted by molar-refractivity contribution is -0.384. The lowest BCUT2D eigenvalue weighted by Gasteiger charge is -2.12. The minimum absolute atomic E-state index is 0.151. The van der Waals surface area contributed by atoms with Gasteiger partial charge in [-0.25, -0.2) is 0 Å². The van der Waals surface area contributed by atoms with Crippen LogP contribution < -0.4 is 10.1 Å². The van der Waals surface area contributed by atoms with Crippen molar-refractivity contribution in [3.63, 3.8) is 0 Å². The maximum absolute atomic E-state index is 11.1. The van der Waals surface area contributed by atoms with E-state index in [0.717, 1.165) is 5.56 Å². The molecule has 0 saturated carbocycles. The summed E-state index contributed by atoms with van der Waals surface area (Å²) >= 11 is 0. The van der Waals surface area contributed by atoms with E-state index in [-0.39, 0.29) is 11.3 Å². The van der Waals surface area contributed by atoms with Crippen molar-refractivity contribution in [2.24, 2.45) is 0 Å². The smallest absolute Gasteiger partial charge is 0.293 e. The highest BCUT2D eigenvalue weighted by Gasteiger charge is 2.14. The van der Waals surface area contributed by atoms with E-state index < -0.39 is 11.0 Å². The summed E-state index contributed by atoms with van der Waals surface area (Å²) in [4.78, 5) is 10.6. The van der Waals surface area contributed by atoms with Crippen molar-refractivity contribution >= 4 is 11.4 Å². The SMILES string of the molecule is CCC(C#N)Oc1cccc(CNc2ccc(C#N)cc2[N+](=O)[O-])c1. The van der Waals surface area contributed by atoms with E-state index in [1.54, 1.807) is 18.2 Å². The molecule has 1 N–H and O–H groups in total. The van der Waals surface area contributed by atoms with Crippen LogP contribution in [0.15, 0.2) is 42.5 Å². The number of anilines is 1. The second kappa shape index (κ2) is 8.32. The molecule has 0 amide bonds. The topological polar surface area (TPSA) is 112 Å². The van der Waals surface area contributed by atoms with Gasteiger partial charge >= 0.3 is 0 Å². The van der Waals surface area contributed by atoms with E-state index in [4.69, 9.17) is 15.3 Å². The van der Waals surface area contributed by atoms with Gasteiger partial charge in [-0.2, -0.15) is 10.5 Å². The summed E-state index contributed by atoms with van der Waals surface area (Å²) in [5.41, 5.74) is 1.26. The summed E-state index contributed by atoms with van der Waals surface area (Å²) in [7, 11) is 0. The third kappa shape index (κ3) is 4.69. The lowest BCUT2D eigenvalue weighted by atomic mass is 10.1. The zero-order chi connectivity index (χ0) is 18.2. The quantitative estimate of drug-likeness (QED) is 0.608. The van der Waals surface area contributed by atoms with Crippen LogP contribution in [0.2, 0.25) is 0 Å². The van der Waals surface area contributed by atoms with Crippen molar-refractivity contribution in [1.29, 1.82) is 10.5 Å². The van der Waals surface area contributed by atoms with Crippen molar-refractivity contribution in [3.8, 4) is 17.9 Å². The van der Waals surface area contributed by atoms with E-state index >= 15 is 0 Å². The molecule has 126 valence electrons. The first-order valence-electron chi connectivity index (χ1n) is 7.65. The van der Waals surface area contributed by atoms with Crippen LogP contribution in [0, 0.1) is 32.8 Å². The molecule has 0 aliphatic rings. The van der Waals surface area contributed by atoms with E-state index in [1.807, 2.05) is 19.1 Å². The first kappa shape index (κ1) is 17.8. The third-order valence-electron chi connectivity index (χ3n) is 3.50. The molecule has 2 aromatic rings. The predicted molar refractivity (Wildman–Crippen MR) is 91.9 cm³/mol. The highest BCUT2D eigenvalue weighted by atomic mass is 16.6. The molecule has 0 fully saturated rings. The lowest BCUT2D eigenvalue weighted by Crippen LogP contribution is -2.12. The summed E-state index contributed by atoms with van der Waals surface area (Å²) < 4.78 is 5.56. The van der Waals surface area contributed by atoms with E-state index in [1.165, 1.54) is 18.2 Å². The number of ether oxygens (including phenoxy) is 1. The van der Waals surface area contributed by atoms with Gasteiger partial charge in [-0.15, -0.1) is 0 Å². The molecule has 25 heavy (non-hydrogen) atoms. The molecule has 1 atom stereocenters. The van der Waals surface area contributed by atoms with Crippen LogP contribution in [0.3, 0.4) is 0 Å². The van der Waals surface area contributed by atoms with Crippen molar-refractivity contribution in [2.45, 2.75) is 26.0 Å². The van der Waals surface area contributed by atoms with Crippen LogP contribution >= 0.6 is 0 Å². The first-order chi connectivity index (χ1) is 12.1. The molecule has 2 aromatic carbocycles. The number of nitro benzene ring substituents is 1. The second-order valence-electron chi connectivity index (χ2n) is 5.25. The molecule has 7 heteroatoms. The Hall–Kier alpha value is -3.58. The summed E-state index contributed by atoms with van der Waals surface area (Å²) in [6, 6.07) is 15.4. The Morgan fingerprint density at radius 3 is 2.72 bits per heavy atom. The van der Waals surface area contributed by atoms with Crippen LogP contribution in [0.1, 0.15) is 24.5 Å². The minimum Gasteiger partial charge on any atom is -0.476 e. The molecular formula is C18H16N4O3. The normalized spacial score (nSPS) is 11.0. The van der Waals surface area contributed by atoms with Crippen LogP contribution in [0.25, 0.3) is 0 Å². The van der Waals surface area contributed by atoms with Gasteiger partial charge in [0.2, 0.25) is 0 Å². The largest absolute Gasteiger partial charge is 0.476 e. The number of benzene rings is 2. The van der Waals surface area contributed by atoms with Crippen molar-refractivity contribution in [3.05, 3.63) is 63.7 Å². The number of hydrogen-bond donors (Lipinski definition) is 1. The Morgan fingerprint density at radius 1 is 1.28 bits per heavy atom. The number of nitro groups is 1. The van der Waals surface area contributed by atoms with Crippen LogP contribution in [-0.4, -0.2) is 11.0 Å². The van der Waals surface area contributed by atoms with E-state index in [2.05, 4.69) is 11.4 Å². The van der Waals surface area contributed by atoms with Crippen LogP contribution in [0.4, 0.5) is 11.4 Å². The van der Waals surface area contributed by atoms with Gasteiger partial charge in [-0.1, -0.05) is 19.1 Å². The molecule has 0 spiro atoms. The second-order valence-corrected chi connectivity index (χ2v) is 5.25. The first-order valence-corrected chi connectivity index (χ1v) is 7.65. The highest BCUT2D eigenvalue weighted by molar-refractivity contribution is 5.64. The number of nitrogens with zero attached hydrogens (tertiary/aromatic N) is 3. The molecule has 0 heterocycles. The number of nitrogens with one attached hydrogen (secondary N) is 1. The standard InChI is InChI=1S/C18H16N4O3/c1-2-15(11-20)25-16-5-3-4-14(8-16)12-21-17-7-6-13(10-19)9-18(17)22(23)24/h3-9,15,21H,2,12H2,1H3. The summed E-state index contributed by atoms with van der Waals surface area (Å²) in [6.45, 7) is 2.20. The third-order valence-corrected chi connectivity index (χ3v) is 3.50. The average Bonchev–Trinajstić information content (AvgIpc) is 2.64. The molecule has 1 unspecified atom stereocenters. The number of rotatable bonds is 7. The Bertz CT molecular complexity index is 852. The van der Waals surface area contributed by atoms with Gasteiger partial charge in [0.25, 0.3) is 5.69 Å². The van der Waals surface area contributed by atoms with Crippen molar-refractivity contribution in [1.82, 2.24) is 0 Å². The average molecular weight is 336 g/mol. The fourth-order valence-electron chi connectivity index (χ4n) is 2.19. The summed E-state index contributed by atoms with van der Waals surface area (Å²) in [5, 5.41) is 32.0. The fraction of sp³-hybridized carbons (Fsp3) is 0.222. The van der Waals surface area contributed by atoms with Gasteiger partial charge in [0.05, 0.1) is 16.6 Å². The van der Waals surface area contributed by atoms with Crippen LogP contribution in [-0.2, 0) is 6.54 Å². The Balaban J connectivity index is 2.13. The van der Waals surface area contributed by atoms with Gasteiger partial charge < -0.3 is 10.1 Å². The van der Waals surface area contributed by atoms with Gasteiger partial charge in [0, 0.05) is 12.6 Å². The predicted octanol–water partition coefficient (Wildman–Crippen LogP) is 3.76. The monoisotopic (exact) mass is 336 g/mol. The Labute approximate surface area is 145 Å². The fourth-order valence-corrected chi connectivity index (χ4v) is 2.19. The number of hydrogen-bond acceptors (Lipinski definition) is 6. The molecule has 2 rings (SSSR count). The molecule has 0 bridgehead atoms. The molecule has 0 aromatic heterocycles. The molecule has 0 aliphatic heterocycles. The van der Waals surface area contributed by atoms with Crippen LogP contribution in [0.5, 0.6) is 5.75 Å². The van der Waals surface area contributed by atoms with E-state index in [9.17, 15) is 10.1 Å². The maximum atomic E-state index is 11.1. The summed E-state index contributed by atoms with van der Waals surface area (Å²) in [5.74, 6) is 0.571. The molecular weight excluding hydrogens is 320 g/mol. The molecule has 7 nitrogen and oxygen atoms in total. The Morgan fingerprint density at radius 2 is 2.08 bits per heavy atom. The highest BCUT2D eigenvalue weighted by Crippen LogP contribution is 2.26. The van der Waals surface area contributed by atoms with Crippen molar-refractivity contribution < 1.29 is 9.66 Å². The van der Waals surface area contributed by atoms with Gasteiger partial charge in [-0.3, -0.25) is 10.1 Å². The van der Waals surface area contributed by atoms with Crippen molar-refractivity contribution in [2.75, 3.05) is 5.32 Å². The van der Waals surface area contributed by atoms with Gasteiger partial charge in [0.15, 0.2) is 6.10 Å².